The van der Waals surface area contributed by atoms with Crippen molar-refractivity contribution in [1.29, 1.82) is 0 Å². The number of nitrogens with one attached hydrogen (secondary N) is 1. The molecule has 0 bridgehead atoms. The second-order valence-corrected chi connectivity index (χ2v) is 5.46. The average molecular weight is 357 g/mol. The van der Waals surface area contributed by atoms with Crippen molar-refractivity contribution in [2.24, 2.45) is 0 Å². The number of phenols is 1. The number of hydrogen-bond donors (Lipinski definition) is 2. The number of carbonyl (C=O) groups is 3. The molecule has 0 saturated heterocycles. The summed E-state index contributed by atoms with van der Waals surface area (Å²) < 4.78 is 9.60. The molecule has 2 N–H and O–H groups in total. The Morgan fingerprint density at radius 2 is 1.81 bits per heavy atom. The Morgan fingerprint density at radius 3 is 2.46 bits per heavy atom. The van der Waals surface area contributed by atoms with Crippen molar-refractivity contribution in [1.82, 2.24) is 5.32 Å². The van der Waals surface area contributed by atoms with E-state index >= 15 is 0 Å². The Labute approximate surface area is 150 Å². The number of esters is 2. The van der Waals surface area contributed by atoms with E-state index in [4.69, 9.17) is 9.47 Å². The number of rotatable bonds is 7. The first-order valence-electron chi connectivity index (χ1n) is 7.87. The highest BCUT2D eigenvalue weighted by Gasteiger charge is 2.22. The number of benzene rings is 2. The first kappa shape index (κ1) is 19.0. The van der Waals surface area contributed by atoms with Crippen LogP contribution in [0.1, 0.15) is 15.9 Å². The van der Waals surface area contributed by atoms with Crippen molar-refractivity contribution in [2.75, 3.05) is 13.7 Å². The lowest BCUT2D eigenvalue weighted by Gasteiger charge is -2.16. The zero-order chi connectivity index (χ0) is 18.9. The van der Waals surface area contributed by atoms with Crippen molar-refractivity contribution in [3.63, 3.8) is 0 Å². The molecule has 7 nitrogen and oxygen atoms in total. The van der Waals surface area contributed by atoms with Gasteiger partial charge in [0.15, 0.2) is 6.61 Å². The number of phenolic OH excluding ortho intramolecular Hbond substituents is 1. The summed E-state index contributed by atoms with van der Waals surface area (Å²) in [5, 5.41) is 11.8. The minimum absolute atomic E-state index is 0.0856. The van der Waals surface area contributed by atoms with Crippen LogP contribution in [0.15, 0.2) is 54.6 Å². The van der Waals surface area contributed by atoms with Crippen LogP contribution in [0.2, 0.25) is 0 Å². The fraction of sp³-hybridized carbons (Fsp3) is 0.211. The molecule has 1 atom stereocenters. The van der Waals surface area contributed by atoms with Gasteiger partial charge < -0.3 is 19.9 Å². The molecule has 1 amide bonds. The van der Waals surface area contributed by atoms with Crippen molar-refractivity contribution >= 4 is 17.8 Å². The van der Waals surface area contributed by atoms with E-state index in [1.807, 2.05) is 30.3 Å². The van der Waals surface area contributed by atoms with Crippen molar-refractivity contribution < 1.29 is 29.0 Å². The lowest BCUT2D eigenvalue weighted by atomic mass is 10.1. The van der Waals surface area contributed by atoms with Gasteiger partial charge in [0.05, 0.1) is 12.7 Å². The summed E-state index contributed by atoms with van der Waals surface area (Å²) in [5.74, 6) is -2.07. The predicted octanol–water partition coefficient (Wildman–Crippen LogP) is 1.45. The number of ether oxygens (including phenoxy) is 2. The summed E-state index contributed by atoms with van der Waals surface area (Å²) in [4.78, 5) is 35.8. The van der Waals surface area contributed by atoms with Crippen molar-refractivity contribution in [3.8, 4) is 5.75 Å². The summed E-state index contributed by atoms with van der Waals surface area (Å²) in [5.41, 5.74) is 0.964. The highest BCUT2D eigenvalue weighted by Crippen LogP contribution is 2.11. The topological polar surface area (TPSA) is 102 Å². The molecule has 2 rings (SSSR count). The summed E-state index contributed by atoms with van der Waals surface area (Å²) in [6.07, 6.45) is 0.250. The third-order valence-electron chi connectivity index (χ3n) is 3.52. The minimum atomic E-state index is -0.894. The van der Waals surface area contributed by atoms with E-state index in [2.05, 4.69) is 5.32 Å². The Kier molecular flexibility index (Phi) is 6.73. The van der Waals surface area contributed by atoms with Gasteiger partial charge in [-0.15, -0.1) is 0 Å². The monoisotopic (exact) mass is 357 g/mol. The van der Waals surface area contributed by atoms with Crippen LogP contribution in [-0.2, 0) is 25.5 Å². The Balaban J connectivity index is 1.92. The molecule has 0 unspecified atom stereocenters. The molecule has 0 heterocycles. The van der Waals surface area contributed by atoms with Crippen LogP contribution < -0.4 is 5.32 Å². The molecule has 2 aromatic carbocycles. The molecule has 26 heavy (non-hydrogen) atoms. The minimum Gasteiger partial charge on any atom is -0.508 e. The van der Waals surface area contributed by atoms with Gasteiger partial charge >= 0.3 is 11.9 Å². The van der Waals surface area contributed by atoms with E-state index in [-0.39, 0.29) is 17.7 Å². The van der Waals surface area contributed by atoms with Crippen LogP contribution in [0.25, 0.3) is 0 Å². The summed E-state index contributed by atoms with van der Waals surface area (Å²) in [7, 11) is 1.23. The van der Waals surface area contributed by atoms with Crippen molar-refractivity contribution in [3.05, 3.63) is 65.7 Å². The number of amides is 1. The summed E-state index contributed by atoms with van der Waals surface area (Å²) in [6.45, 7) is -0.559. The Morgan fingerprint density at radius 1 is 1.08 bits per heavy atom. The van der Waals surface area contributed by atoms with Crippen LogP contribution in [0.5, 0.6) is 5.75 Å². The van der Waals surface area contributed by atoms with Gasteiger partial charge in [-0.3, -0.25) is 4.79 Å². The van der Waals surface area contributed by atoms with Crippen molar-refractivity contribution in [2.45, 2.75) is 12.5 Å². The molecule has 0 aliphatic carbocycles. The van der Waals surface area contributed by atoms with Gasteiger partial charge in [0.1, 0.15) is 11.8 Å². The van der Waals surface area contributed by atoms with Gasteiger partial charge in [-0.05, 0) is 23.8 Å². The molecular formula is C19H19NO6. The molecular weight excluding hydrogens is 338 g/mol. The van der Waals surface area contributed by atoms with Gasteiger partial charge in [-0.1, -0.05) is 36.4 Å². The quantitative estimate of drug-likeness (QED) is 0.727. The van der Waals surface area contributed by atoms with Gasteiger partial charge in [0.25, 0.3) is 5.91 Å². The van der Waals surface area contributed by atoms with Crippen LogP contribution >= 0.6 is 0 Å². The molecule has 0 spiro atoms. The van der Waals surface area contributed by atoms with Gasteiger partial charge in [-0.2, -0.15) is 0 Å². The van der Waals surface area contributed by atoms with Crippen LogP contribution in [-0.4, -0.2) is 42.7 Å². The first-order valence-corrected chi connectivity index (χ1v) is 7.87. The molecule has 2 aromatic rings. The normalized spacial score (nSPS) is 11.3. The molecule has 0 fully saturated rings. The van der Waals surface area contributed by atoms with E-state index in [9.17, 15) is 19.5 Å². The lowest BCUT2D eigenvalue weighted by Crippen LogP contribution is -2.44. The molecule has 0 aliphatic rings. The largest absolute Gasteiger partial charge is 0.508 e. The lowest BCUT2D eigenvalue weighted by molar-refractivity contribution is -0.145. The highest BCUT2D eigenvalue weighted by molar-refractivity contribution is 5.92. The zero-order valence-corrected chi connectivity index (χ0v) is 14.2. The molecule has 0 saturated carbocycles. The first-order chi connectivity index (χ1) is 12.5. The second kappa shape index (κ2) is 9.22. The van der Waals surface area contributed by atoms with E-state index in [1.54, 1.807) is 0 Å². The van der Waals surface area contributed by atoms with E-state index < -0.39 is 30.5 Å². The Hall–Kier alpha value is -3.35. The molecule has 0 aromatic heterocycles. The van der Waals surface area contributed by atoms with Gasteiger partial charge in [-0.25, -0.2) is 9.59 Å². The Bertz CT molecular complexity index is 775. The maximum atomic E-state index is 12.0. The smallest absolute Gasteiger partial charge is 0.338 e. The fourth-order valence-corrected chi connectivity index (χ4v) is 2.27. The third kappa shape index (κ3) is 5.62. The van der Waals surface area contributed by atoms with E-state index in [1.165, 1.54) is 31.4 Å². The van der Waals surface area contributed by atoms with Crippen LogP contribution in [0.3, 0.4) is 0 Å². The summed E-state index contributed by atoms with van der Waals surface area (Å²) >= 11 is 0. The third-order valence-corrected chi connectivity index (χ3v) is 3.52. The predicted molar refractivity (Wildman–Crippen MR) is 92.5 cm³/mol. The van der Waals surface area contributed by atoms with Crippen LogP contribution in [0, 0.1) is 0 Å². The second-order valence-electron chi connectivity index (χ2n) is 5.46. The van der Waals surface area contributed by atoms with Gasteiger partial charge in [0, 0.05) is 6.42 Å². The SMILES string of the molecule is COC(=O)[C@@H](Cc1ccccc1)NC(=O)COC(=O)c1cccc(O)c1. The van der Waals surface area contributed by atoms with Crippen LogP contribution in [0.4, 0.5) is 0 Å². The summed E-state index contributed by atoms with van der Waals surface area (Å²) in [6, 6.07) is 13.8. The number of methoxy groups -OCH3 is 1. The highest BCUT2D eigenvalue weighted by atomic mass is 16.5. The maximum absolute atomic E-state index is 12.0. The maximum Gasteiger partial charge on any atom is 0.338 e. The number of carbonyl (C=O) groups excluding carboxylic acids is 3. The fourth-order valence-electron chi connectivity index (χ4n) is 2.27. The molecule has 7 heteroatoms. The average Bonchev–Trinajstić information content (AvgIpc) is 2.65. The molecule has 0 radical (unpaired) electrons. The molecule has 0 aliphatic heterocycles. The number of aromatic hydroxyl groups is 1. The number of hydrogen-bond acceptors (Lipinski definition) is 6. The molecule has 136 valence electrons. The standard InChI is InChI=1S/C19H19NO6/c1-25-19(24)16(10-13-6-3-2-4-7-13)20-17(22)12-26-18(23)14-8-5-9-15(21)11-14/h2-9,11,16,21H,10,12H2,1H3,(H,20,22)/t16-/m1/s1. The van der Waals surface area contributed by atoms with E-state index in [0.29, 0.717) is 0 Å². The van der Waals surface area contributed by atoms with E-state index in [0.717, 1.165) is 5.56 Å². The van der Waals surface area contributed by atoms with Gasteiger partial charge in [0.2, 0.25) is 0 Å². The zero-order valence-electron chi connectivity index (χ0n) is 14.2.